The molecule has 0 unspecified atom stereocenters. The highest BCUT2D eigenvalue weighted by Gasteiger charge is 2.22. The highest BCUT2D eigenvalue weighted by Crippen LogP contribution is 2.29. The second-order valence-electron chi connectivity index (χ2n) is 5.38. The lowest BCUT2D eigenvalue weighted by Gasteiger charge is -2.29. The average Bonchev–Trinajstić information content (AvgIpc) is 2.27. The molecule has 0 atom stereocenters. The van der Waals surface area contributed by atoms with Gasteiger partial charge in [0.25, 0.3) is 5.56 Å². The van der Waals surface area contributed by atoms with Crippen LogP contribution in [0.15, 0.2) is 15.3 Å². The Hall–Kier alpha value is -0.570. The smallest absolute Gasteiger partial charge is 0.265 e. The van der Waals surface area contributed by atoms with Crippen LogP contribution in [0.1, 0.15) is 43.4 Å². The molecule has 0 aliphatic heterocycles. The fourth-order valence-electron chi connectivity index (χ4n) is 2.97. The van der Waals surface area contributed by atoms with E-state index in [0.717, 1.165) is 29.8 Å². The summed E-state index contributed by atoms with van der Waals surface area (Å²) in [5.41, 5.74) is 2.89. The van der Waals surface area contributed by atoms with Gasteiger partial charge in [-0.15, -0.1) is 0 Å². The van der Waals surface area contributed by atoms with Gasteiger partial charge in [0.1, 0.15) is 0 Å². The summed E-state index contributed by atoms with van der Waals surface area (Å²) in [6.07, 6.45) is 8.67. The third kappa shape index (κ3) is 2.10. The van der Waals surface area contributed by atoms with Crippen LogP contribution >= 0.6 is 15.9 Å². The van der Waals surface area contributed by atoms with Crippen molar-refractivity contribution in [2.24, 2.45) is 5.92 Å². The fourth-order valence-corrected chi connectivity index (χ4v) is 3.46. The summed E-state index contributed by atoms with van der Waals surface area (Å²) in [6.45, 7) is 0.945. The Morgan fingerprint density at radius 1 is 1.24 bits per heavy atom. The van der Waals surface area contributed by atoms with Crippen LogP contribution < -0.4 is 5.56 Å². The summed E-state index contributed by atoms with van der Waals surface area (Å²) in [5.74, 6) is 0.744. The van der Waals surface area contributed by atoms with Gasteiger partial charge in [-0.05, 0) is 72.0 Å². The SMILES string of the molecule is O=c1c(Br)cc2c(n1CC1CCC1)CCCC2. The highest BCUT2D eigenvalue weighted by molar-refractivity contribution is 9.10. The summed E-state index contributed by atoms with van der Waals surface area (Å²) in [7, 11) is 0. The monoisotopic (exact) mass is 295 g/mol. The van der Waals surface area contributed by atoms with Crippen LogP contribution in [0.3, 0.4) is 0 Å². The summed E-state index contributed by atoms with van der Waals surface area (Å²) < 4.78 is 2.81. The number of aryl methyl sites for hydroxylation is 1. The molecule has 17 heavy (non-hydrogen) atoms. The van der Waals surface area contributed by atoms with E-state index in [4.69, 9.17) is 0 Å². The van der Waals surface area contributed by atoms with Crippen molar-refractivity contribution >= 4 is 15.9 Å². The Labute approximate surface area is 110 Å². The number of nitrogens with zero attached hydrogens (tertiary/aromatic N) is 1. The zero-order chi connectivity index (χ0) is 11.8. The quantitative estimate of drug-likeness (QED) is 0.821. The molecule has 0 N–H and O–H groups in total. The van der Waals surface area contributed by atoms with Gasteiger partial charge >= 0.3 is 0 Å². The van der Waals surface area contributed by atoms with Crippen molar-refractivity contribution in [3.8, 4) is 0 Å². The minimum atomic E-state index is 0.178. The summed E-state index contributed by atoms with van der Waals surface area (Å²) in [6, 6.07) is 2.05. The van der Waals surface area contributed by atoms with E-state index in [9.17, 15) is 4.79 Å². The van der Waals surface area contributed by atoms with E-state index in [1.54, 1.807) is 0 Å². The van der Waals surface area contributed by atoms with E-state index in [0.29, 0.717) is 0 Å². The molecule has 2 nitrogen and oxygen atoms in total. The van der Waals surface area contributed by atoms with E-state index in [1.807, 2.05) is 6.07 Å². The van der Waals surface area contributed by atoms with Crippen molar-refractivity contribution in [3.63, 3.8) is 0 Å². The fraction of sp³-hybridized carbons (Fsp3) is 0.643. The van der Waals surface area contributed by atoms with Crippen LogP contribution in [0, 0.1) is 5.92 Å². The van der Waals surface area contributed by atoms with E-state index in [-0.39, 0.29) is 5.56 Å². The first kappa shape index (κ1) is 11.5. The van der Waals surface area contributed by atoms with Crippen molar-refractivity contribution in [2.45, 2.75) is 51.5 Å². The molecule has 1 aromatic heterocycles. The Kier molecular flexibility index (Phi) is 3.12. The number of rotatable bonds is 2. The molecule has 2 aliphatic carbocycles. The number of fused-ring (bicyclic) bond motifs is 1. The first-order chi connectivity index (χ1) is 8.25. The second-order valence-corrected chi connectivity index (χ2v) is 6.24. The number of aromatic nitrogens is 1. The maximum atomic E-state index is 12.2. The normalized spacial score (nSPS) is 19.8. The predicted octanol–water partition coefficient (Wildman–Crippen LogP) is 3.29. The lowest BCUT2D eigenvalue weighted by molar-refractivity contribution is 0.269. The first-order valence-corrected chi connectivity index (χ1v) is 7.46. The molecule has 92 valence electrons. The van der Waals surface area contributed by atoms with E-state index >= 15 is 0 Å². The molecule has 1 saturated carbocycles. The van der Waals surface area contributed by atoms with E-state index < -0.39 is 0 Å². The topological polar surface area (TPSA) is 22.0 Å². The Balaban J connectivity index is 2.03. The van der Waals surface area contributed by atoms with Crippen LogP contribution in [0.5, 0.6) is 0 Å². The van der Waals surface area contributed by atoms with Gasteiger partial charge < -0.3 is 4.57 Å². The molecule has 3 rings (SSSR count). The molecule has 0 bridgehead atoms. The third-order valence-corrected chi connectivity index (χ3v) is 4.79. The standard InChI is InChI=1S/C14H18BrNO/c15-12-8-11-6-1-2-7-13(11)16(14(12)17)9-10-4-3-5-10/h8,10H,1-7,9H2. The zero-order valence-electron chi connectivity index (χ0n) is 10.0. The molecule has 1 aromatic rings. The van der Waals surface area contributed by atoms with Gasteiger partial charge in [-0.2, -0.15) is 0 Å². The largest absolute Gasteiger partial charge is 0.311 e. The predicted molar refractivity (Wildman–Crippen MR) is 72.4 cm³/mol. The van der Waals surface area contributed by atoms with Gasteiger partial charge in [-0.25, -0.2) is 0 Å². The molecular weight excluding hydrogens is 278 g/mol. The van der Waals surface area contributed by atoms with Gasteiger partial charge in [-0.3, -0.25) is 4.79 Å². The highest BCUT2D eigenvalue weighted by atomic mass is 79.9. The van der Waals surface area contributed by atoms with Crippen LogP contribution in [-0.2, 0) is 19.4 Å². The van der Waals surface area contributed by atoms with Crippen LogP contribution in [-0.4, -0.2) is 4.57 Å². The van der Waals surface area contributed by atoms with Gasteiger partial charge in [0, 0.05) is 12.2 Å². The van der Waals surface area contributed by atoms with E-state index in [1.165, 1.54) is 43.4 Å². The maximum Gasteiger partial charge on any atom is 0.265 e. The Morgan fingerprint density at radius 2 is 2.00 bits per heavy atom. The third-order valence-electron chi connectivity index (χ3n) is 4.22. The van der Waals surface area contributed by atoms with Crippen molar-refractivity contribution in [2.75, 3.05) is 0 Å². The van der Waals surface area contributed by atoms with Gasteiger partial charge in [-0.1, -0.05) is 6.42 Å². The zero-order valence-corrected chi connectivity index (χ0v) is 11.6. The van der Waals surface area contributed by atoms with Crippen LogP contribution in [0.2, 0.25) is 0 Å². The number of pyridine rings is 1. The molecule has 0 spiro atoms. The number of hydrogen-bond acceptors (Lipinski definition) is 1. The Morgan fingerprint density at radius 3 is 2.71 bits per heavy atom. The van der Waals surface area contributed by atoms with Gasteiger partial charge in [0.2, 0.25) is 0 Å². The molecule has 2 aliphatic rings. The molecule has 1 heterocycles. The number of halogens is 1. The molecule has 0 radical (unpaired) electrons. The molecular formula is C14H18BrNO. The summed E-state index contributed by atoms with van der Waals surface area (Å²) in [4.78, 5) is 12.2. The Bertz CT molecular complexity index is 488. The summed E-state index contributed by atoms with van der Waals surface area (Å²) >= 11 is 3.42. The van der Waals surface area contributed by atoms with Gasteiger partial charge in [0.15, 0.2) is 0 Å². The molecule has 0 amide bonds. The molecule has 1 fully saturated rings. The van der Waals surface area contributed by atoms with E-state index in [2.05, 4.69) is 20.5 Å². The lowest BCUT2D eigenvalue weighted by Crippen LogP contribution is -2.31. The number of hydrogen-bond donors (Lipinski definition) is 0. The maximum absolute atomic E-state index is 12.2. The van der Waals surface area contributed by atoms with Crippen molar-refractivity contribution in [3.05, 3.63) is 32.2 Å². The van der Waals surface area contributed by atoms with Gasteiger partial charge in [0.05, 0.1) is 4.47 Å². The first-order valence-electron chi connectivity index (χ1n) is 6.67. The summed E-state index contributed by atoms with van der Waals surface area (Å²) in [5, 5.41) is 0. The van der Waals surface area contributed by atoms with Crippen molar-refractivity contribution in [1.82, 2.24) is 4.57 Å². The molecule has 0 saturated heterocycles. The van der Waals surface area contributed by atoms with Crippen LogP contribution in [0.25, 0.3) is 0 Å². The molecule has 3 heteroatoms. The minimum absolute atomic E-state index is 0.178. The van der Waals surface area contributed by atoms with Crippen molar-refractivity contribution < 1.29 is 0 Å². The lowest BCUT2D eigenvalue weighted by atomic mass is 9.85. The average molecular weight is 296 g/mol. The minimum Gasteiger partial charge on any atom is -0.311 e. The van der Waals surface area contributed by atoms with Crippen molar-refractivity contribution in [1.29, 1.82) is 0 Å². The molecule has 0 aromatic carbocycles. The second kappa shape index (κ2) is 4.60. The van der Waals surface area contributed by atoms with Crippen LogP contribution in [0.4, 0.5) is 0 Å².